The first-order chi connectivity index (χ1) is 12.7. The van der Waals surface area contributed by atoms with Gasteiger partial charge in [0.05, 0.1) is 19.3 Å². The fourth-order valence-corrected chi connectivity index (χ4v) is 3.30. The van der Waals surface area contributed by atoms with Gasteiger partial charge in [-0.1, -0.05) is 26.8 Å². The fourth-order valence-electron chi connectivity index (χ4n) is 2.28. The van der Waals surface area contributed by atoms with Crippen molar-refractivity contribution in [2.45, 2.75) is 51.7 Å². The largest absolute Gasteiger partial charge is 0.541 e. The summed E-state index contributed by atoms with van der Waals surface area (Å²) < 4.78 is 12.0. The van der Waals surface area contributed by atoms with E-state index in [1.54, 1.807) is 19.5 Å². The molecule has 0 spiro atoms. The van der Waals surface area contributed by atoms with Gasteiger partial charge in [0, 0.05) is 12.4 Å². The van der Waals surface area contributed by atoms with Gasteiger partial charge in [-0.3, -0.25) is 4.98 Å². The zero-order valence-corrected chi connectivity index (χ0v) is 18.3. The van der Waals surface area contributed by atoms with Gasteiger partial charge in [0.1, 0.15) is 5.75 Å². The van der Waals surface area contributed by atoms with Crippen LogP contribution in [0.3, 0.4) is 0 Å². The lowest BCUT2D eigenvalue weighted by molar-refractivity contribution is 0.385. The van der Waals surface area contributed by atoms with E-state index in [9.17, 15) is 0 Å². The molecule has 2 rings (SSSR count). The van der Waals surface area contributed by atoms with Gasteiger partial charge in [-0.25, -0.2) is 0 Å². The number of pyridine rings is 1. The van der Waals surface area contributed by atoms with E-state index in [4.69, 9.17) is 9.16 Å². The lowest BCUT2D eigenvalue weighted by Crippen LogP contribution is -2.43. The van der Waals surface area contributed by atoms with Crippen molar-refractivity contribution < 1.29 is 9.16 Å². The molecule has 0 bridgehead atoms. The van der Waals surface area contributed by atoms with Gasteiger partial charge in [0.15, 0.2) is 5.75 Å². The van der Waals surface area contributed by atoms with E-state index in [0.29, 0.717) is 6.54 Å². The summed E-state index contributed by atoms with van der Waals surface area (Å²) in [7, 11) is -0.196. The molecule has 0 radical (unpaired) electrons. The zero-order chi connectivity index (χ0) is 19.9. The van der Waals surface area contributed by atoms with Crippen LogP contribution in [0.5, 0.6) is 11.5 Å². The molecule has 2 aromatic rings. The van der Waals surface area contributed by atoms with Gasteiger partial charge < -0.3 is 9.16 Å². The summed E-state index contributed by atoms with van der Waals surface area (Å²) in [6.07, 6.45) is 5.29. The molecule has 0 fully saturated rings. The molecule has 0 unspecified atom stereocenters. The third kappa shape index (κ3) is 6.17. The monoisotopic (exact) mass is 385 g/mol. The maximum absolute atomic E-state index is 6.41. The Hall–Kier alpha value is -2.21. The Morgan fingerprint density at radius 1 is 1.04 bits per heavy atom. The number of rotatable bonds is 8. The fraction of sp³-hybridized carbons (Fsp3) is 0.476. The summed E-state index contributed by atoms with van der Waals surface area (Å²) in [6, 6.07) is 9.91. The quantitative estimate of drug-likeness (QED) is 0.309. The second-order valence-corrected chi connectivity index (χ2v) is 12.8. The number of benzene rings is 1. The molecule has 146 valence electrons. The predicted molar refractivity (Wildman–Crippen MR) is 113 cm³/mol. The van der Waals surface area contributed by atoms with Crippen molar-refractivity contribution in [2.75, 3.05) is 13.7 Å². The molecule has 0 atom stereocenters. The average molecular weight is 386 g/mol. The minimum atomic E-state index is -1.89. The molecule has 5 nitrogen and oxygen atoms in total. The van der Waals surface area contributed by atoms with Crippen molar-refractivity contribution in [2.24, 2.45) is 10.2 Å². The summed E-state index contributed by atoms with van der Waals surface area (Å²) in [5.41, 5.74) is 2.05. The summed E-state index contributed by atoms with van der Waals surface area (Å²) in [6.45, 7) is 11.9. The van der Waals surface area contributed by atoms with Gasteiger partial charge in [0.25, 0.3) is 8.32 Å². The van der Waals surface area contributed by atoms with Crippen molar-refractivity contribution in [1.82, 2.24) is 4.98 Å². The molecular weight excluding hydrogens is 354 g/mol. The Kier molecular flexibility index (Phi) is 7.13. The third-order valence-electron chi connectivity index (χ3n) is 4.97. The molecule has 1 aromatic carbocycles. The van der Waals surface area contributed by atoms with Crippen molar-refractivity contribution in [1.29, 1.82) is 0 Å². The Balaban J connectivity index is 1.94. The molecule has 1 aromatic heterocycles. The molecule has 0 saturated heterocycles. The minimum Gasteiger partial charge on any atom is -0.541 e. The summed E-state index contributed by atoms with van der Waals surface area (Å²) in [5, 5.41) is 8.58. The van der Waals surface area contributed by atoms with Crippen molar-refractivity contribution >= 4 is 14.0 Å². The van der Waals surface area contributed by atoms with E-state index in [0.717, 1.165) is 30.0 Å². The average Bonchev–Trinajstić information content (AvgIpc) is 2.62. The minimum absolute atomic E-state index is 0.149. The van der Waals surface area contributed by atoms with Crippen LogP contribution in [-0.2, 0) is 6.42 Å². The number of hydrogen-bond donors (Lipinski definition) is 0. The highest BCUT2D eigenvalue weighted by Gasteiger charge is 2.39. The Morgan fingerprint density at radius 3 is 2.37 bits per heavy atom. The Morgan fingerprint density at radius 2 is 1.74 bits per heavy atom. The molecule has 0 aliphatic carbocycles. The third-order valence-corrected chi connectivity index (χ3v) is 9.31. The standard InChI is InChI=1S/C21H31N3O2Si/c1-21(2,3)27(5,6)26-19-10-9-17(16-20(19)25-4)8-7-13-23-24-18-11-14-22-15-12-18/h9-12,14-16H,7-8,13H2,1-6H3. The molecule has 27 heavy (non-hydrogen) atoms. The van der Waals surface area contributed by atoms with Crippen LogP contribution < -0.4 is 9.16 Å². The molecular formula is C21H31N3O2Si. The highest BCUT2D eigenvalue weighted by Crippen LogP contribution is 2.40. The van der Waals surface area contributed by atoms with Crippen molar-refractivity contribution in [3.8, 4) is 11.5 Å². The van der Waals surface area contributed by atoms with Crippen LogP contribution in [0.25, 0.3) is 0 Å². The van der Waals surface area contributed by atoms with Crippen LogP contribution in [0.2, 0.25) is 18.1 Å². The highest BCUT2D eigenvalue weighted by atomic mass is 28.4. The smallest absolute Gasteiger partial charge is 0.250 e. The van der Waals surface area contributed by atoms with E-state index in [1.165, 1.54) is 5.56 Å². The van der Waals surface area contributed by atoms with Crippen LogP contribution in [0.4, 0.5) is 5.69 Å². The van der Waals surface area contributed by atoms with Gasteiger partial charge >= 0.3 is 0 Å². The lowest BCUT2D eigenvalue weighted by Gasteiger charge is -2.36. The number of hydrogen-bond acceptors (Lipinski definition) is 5. The molecule has 0 N–H and O–H groups in total. The number of azo groups is 1. The second kappa shape index (κ2) is 9.13. The van der Waals surface area contributed by atoms with E-state index >= 15 is 0 Å². The van der Waals surface area contributed by atoms with Crippen molar-refractivity contribution in [3.63, 3.8) is 0 Å². The Labute approximate surface area is 164 Å². The van der Waals surface area contributed by atoms with Crippen LogP contribution in [-0.4, -0.2) is 27.0 Å². The van der Waals surface area contributed by atoms with Crippen LogP contribution >= 0.6 is 0 Å². The number of nitrogens with zero attached hydrogens (tertiary/aromatic N) is 3. The topological polar surface area (TPSA) is 56.1 Å². The summed E-state index contributed by atoms with van der Waals surface area (Å²) in [4.78, 5) is 3.97. The molecule has 0 saturated carbocycles. The molecule has 0 aliphatic rings. The van der Waals surface area contributed by atoms with E-state index in [-0.39, 0.29) is 5.04 Å². The molecule has 0 aliphatic heterocycles. The van der Waals surface area contributed by atoms with Crippen LogP contribution in [0.1, 0.15) is 32.8 Å². The summed E-state index contributed by atoms with van der Waals surface area (Å²) in [5.74, 6) is 1.64. The van der Waals surface area contributed by atoms with Gasteiger partial charge in [-0.2, -0.15) is 10.2 Å². The van der Waals surface area contributed by atoms with Gasteiger partial charge in [-0.05, 0) is 60.8 Å². The van der Waals surface area contributed by atoms with E-state index in [1.807, 2.05) is 18.2 Å². The first kappa shape index (κ1) is 21.1. The first-order valence-electron chi connectivity index (χ1n) is 9.36. The Bertz CT molecular complexity index is 756. The van der Waals surface area contributed by atoms with Gasteiger partial charge in [0.2, 0.25) is 0 Å². The molecule has 0 amide bonds. The predicted octanol–water partition coefficient (Wildman–Crippen LogP) is 6.19. The van der Waals surface area contributed by atoms with Gasteiger partial charge in [-0.15, -0.1) is 0 Å². The number of methoxy groups -OCH3 is 1. The van der Waals surface area contributed by atoms with E-state index < -0.39 is 8.32 Å². The SMILES string of the molecule is COc1cc(CCCN=Nc2ccncc2)ccc1O[Si](C)(C)C(C)(C)C. The second-order valence-electron chi connectivity index (χ2n) is 8.12. The normalized spacial score (nSPS) is 12.4. The summed E-state index contributed by atoms with van der Waals surface area (Å²) >= 11 is 0. The number of aryl methyl sites for hydroxylation is 1. The number of ether oxygens (including phenoxy) is 1. The molecule has 6 heteroatoms. The molecule has 1 heterocycles. The van der Waals surface area contributed by atoms with E-state index in [2.05, 4.69) is 61.2 Å². The van der Waals surface area contributed by atoms with Crippen LogP contribution in [0.15, 0.2) is 53.0 Å². The number of aromatic nitrogens is 1. The maximum Gasteiger partial charge on any atom is 0.250 e. The zero-order valence-electron chi connectivity index (χ0n) is 17.3. The van der Waals surface area contributed by atoms with Crippen molar-refractivity contribution in [3.05, 3.63) is 48.3 Å². The maximum atomic E-state index is 6.41. The van der Waals surface area contributed by atoms with Crippen LogP contribution in [0, 0.1) is 0 Å². The lowest BCUT2D eigenvalue weighted by atomic mass is 10.1. The highest BCUT2D eigenvalue weighted by molar-refractivity contribution is 6.74. The first-order valence-corrected chi connectivity index (χ1v) is 12.3.